The van der Waals surface area contributed by atoms with Crippen LogP contribution in [0.25, 0.3) is 10.8 Å². The molecule has 6 rings (SSSR count). The second kappa shape index (κ2) is 5.58. The van der Waals surface area contributed by atoms with Crippen molar-refractivity contribution in [2.75, 3.05) is 0 Å². The van der Waals surface area contributed by atoms with Crippen LogP contribution in [0.2, 0.25) is 0 Å². The Morgan fingerprint density at radius 2 is 1.56 bits per heavy atom. The normalized spacial score (nSPS) is 29.8. The van der Waals surface area contributed by atoms with E-state index in [1.165, 1.54) is 37.8 Å². The van der Waals surface area contributed by atoms with E-state index in [0.29, 0.717) is 11.8 Å². The molecule has 0 radical (unpaired) electrons. The molecule has 0 atom stereocenters. The number of nitrogens with one attached hydrogen (secondary N) is 1. The molecule has 4 aliphatic carbocycles. The lowest BCUT2D eigenvalue weighted by Crippen LogP contribution is -2.46. The van der Waals surface area contributed by atoms with Gasteiger partial charge in [-0.1, -0.05) is 24.3 Å². The maximum absolute atomic E-state index is 12.6. The highest BCUT2D eigenvalue weighted by atomic mass is 16.3. The zero-order chi connectivity index (χ0) is 17.0. The summed E-state index contributed by atoms with van der Waals surface area (Å²) in [5.74, 6) is 2.54. The molecule has 0 aliphatic heterocycles. The molecular formula is C21H22N2O2. The summed E-state index contributed by atoms with van der Waals surface area (Å²) in [6.07, 6.45) is 6.36. The van der Waals surface area contributed by atoms with Crippen LogP contribution in [-0.2, 0) is 0 Å². The lowest BCUT2D eigenvalue weighted by molar-refractivity contribution is 0.0940. The summed E-state index contributed by atoms with van der Waals surface area (Å²) in [6, 6.07) is 11.1. The van der Waals surface area contributed by atoms with Gasteiger partial charge in [-0.3, -0.25) is 4.79 Å². The predicted molar refractivity (Wildman–Crippen MR) is 97.6 cm³/mol. The number of aromatic hydroxyl groups is 1. The lowest BCUT2D eigenvalue weighted by atomic mass is 9.55. The minimum absolute atomic E-state index is 0.00137. The van der Waals surface area contributed by atoms with Gasteiger partial charge in [0.05, 0.1) is 5.56 Å². The van der Waals surface area contributed by atoms with Crippen LogP contribution in [0.5, 0.6) is 5.75 Å². The van der Waals surface area contributed by atoms with Crippen LogP contribution in [0.4, 0.5) is 0 Å². The van der Waals surface area contributed by atoms with Gasteiger partial charge >= 0.3 is 0 Å². The first-order valence-corrected chi connectivity index (χ1v) is 9.27. The number of amides is 1. The van der Waals surface area contributed by atoms with Gasteiger partial charge in [-0.15, -0.1) is 0 Å². The predicted octanol–water partition coefficient (Wildman–Crippen LogP) is 4.09. The minimum atomic E-state index is -0.329. The molecule has 25 heavy (non-hydrogen) atoms. The molecule has 2 aromatic carbocycles. The fraction of sp³-hybridized carbons (Fsp3) is 0.429. The van der Waals surface area contributed by atoms with Crippen molar-refractivity contribution in [1.29, 1.82) is 0 Å². The Bertz CT molecular complexity index is 857. The van der Waals surface area contributed by atoms with E-state index in [9.17, 15) is 9.90 Å². The van der Waals surface area contributed by atoms with Gasteiger partial charge in [0.1, 0.15) is 5.75 Å². The molecule has 4 bridgehead atoms. The number of phenolic OH excluding ortho intramolecular Hbond substituents is 1. The summed E-state index contributed by atoms with van der Waals surface area (Å²) < 4.78 is 0. The van der Waals surface area contributed by atoms with Gasteiger partial charge in [-0.25, -0.2) is 5.43 Å². The molecule has 4 saturated carbocycles. The summed E-state index contributed by atoms with van der Waals surface area (Å²) in [5.41, 5.74) is 4.20. The highest BCUT2D eigenvalue weighted by Crippen LogP contribution is 2.52. The standard InChI is InChI=1S/C21H22N2O2/c24-19-11-15-4-2-1-3-14(15)10-18(19)21(25)23-22-20-16-6-12-5-13(8-16)9-17(20)7-12/h1-4,10-13,16-17,24H,5-9H2,(H,23,25). The van der Waals surface area contributed by atoms with Gasteiger partial charge in [-0.2, -0.15) is 5.10 Å². The summed E-state index contributed by atoms with van der Waals surface area (Å²) in [5, 5.41) is 16.6. The Kier molecular flexibility index (Phi) is 3.34. The van der Waals surface area contributed by atoms with E-state index in [1.54, 1.807) is 12.1 Å². The van der Waals surface area contributed by atoms with Crippen LogP contribution in [0.3, 0.4) is 0 Å². The number of carbonyl (C=O) groups excluding carboxylic acids is 1. The van der Waals surface area contributed by atoms with Crippen LogP contribution in [0.15, 0.2) is 41.5 Å². The van der Waals surface area contributed by atoms with Gasteiger partial charge in [-0.05, 0) is 78.7 Å². The van der Waals surface area contributed by atoms with E-state index in [4.69, 9.17) is 0 Å². The third-order valence-corrected chi connectivity index (χ3v) is 6.37. The second-order valence-electron chi connectivity index (χ2n) is 8.00. The van der Waals surface area contributed by atoms with Crippen LogP contribution in [-0.4, -0.2) is 16.7 Å². The quantitative estimate of drug-likeness (QED) is 0.813. The SMILES string of the molecule is O=C(NN=C1C2CC3CC(C2)CC1C3)c1cc2ccccc2cc1O. The topological polar surface area (TPSA) is 61.7 Å². The zero-order valence-electron chi connectivity index (χ0n) is 14.1. The van der Waals surface area contributed by atoms with Crippen molar-refractivity contribution in [3.05, 3.63) is 42.0 Å². The summed E-state index contributed by atoms with van der Waals surface area (Å²) in [4.78, 5) is 12.6. The molecule has 128 valence electrons. The Hall–Kier alpha value is -2.36. The number of phenols is 1. The largest absolute Gasteiger partial charge is 0.507 e. The van der Waals surface area contributed by atoms with Crippen LogP contribution < -0.4 is 5.43 Å². The fourth-order valence-electron chi connectivity index (χ4n) is 5.44. The molecule has 0 heterocycles. The fourth-order valence-corrected chi connectivity index (χ4v) is 5.44. The maximum Gasteiger partial charge on any atom is 0.275 e. The molecule has 4 fully saturated rings. The minimum Gasteiger partial charge on any atom is -0.507 e. The number of hydrazone groups is 1. The number of rotatable bonds is 2. The third-order valence-electron chi connectivity index (χ3n) is 6.37. The van der Waals surface area contributed by atoms with Crippen molar-refractivity contribution in [1.82, 2.24) is 5.43 Å². The lowest BCUT2D eigenvalue weighted by Gasteiger charge is -2.50. The van der Waals surface area contributed by atoms with Crippen LogP contribution in [0.1, 0.15) is 42.5 Å². The Labute approximate surface area is 146 Å². The van der Waals surface area contributed by atoms with Gasteiger partial charge < -0.3 is 5.11 Å². The van der Waals surface area contributed by atoms with Crippen molar-refractivity contribution in [3.8, 4) is 5.75 Å². The average molecular weight is 334 g/mol. The molecular weight excluding hydrogens is 312 g/mol. The number of hydrogen-bond acceptors (Lipinski definition) is 3. The highest BCUT2D eigenvalue weighted by Gasteiger charge is 2.46. The summed E-state index contributed by atoms with van der Waals surface area (Å²) in [6.45, 7) is 0. The second-order valence-corrected chi connectivity index (χ2v) is 8.00. The highest BCUT2D eigenvalue weighted by molar-refractivity contribution is 6.02. The van der Waals surface area contributed by atoms with Crippen molar-refractivity contribution in [3.63, 3.8) is 0 Å². The number of hydrogen-bond donors (Lipinski definition) is 2. The van der Waals surface area contributed by atoms with Gasteiger partial charge in [0.25, 0.3) is 5.91 Å². The van der Waals surface area contributed by atoms with Crippen molar-refractivity contribution >= 4 is 22.4 Å². The molecule has 0 unspecified atom stereocenters. The smallest absolute Gasteiger partial charge is 0.275 e. The zero-order valence-corrected chi connectivity index (χ0v) is 14.1. The number of fused-ring (bicyclic) bond motifs is 1. The number of nitrogens with zero attached hydrogens (tertiary/aromatic N) is 1. The first-order chi connectivity index (χ1) is 12.2. The average Bonchev–Trinajstić information content (AvgIpc) is 2.59. The molecule has 4 aliphatic rings. The Morgan fingerprint density at radius 3 is 2.20 bits per heavy atom. The van der Waals surface area contributed by atoms with E-state index in [2.05, 4.69) is 10.5 Å². The van der Waals surface area contributed by atoms with E-state index in [0.717, 1.165) is 22.6 Å². The van der Waals surface area contributed by atoms with E-state index >= 15 is 0 Å². The molecule has 4 nitrogen and oxygen atoms in total. The van der Waals surface area contributed by atoms with Crippen molar-refractivity contribution in [2.45, 2.75) is 32.1 Å². The van der Waals surface area contributed by atoms with Gasteiger partial charge in [0.15, 0.2) is 0 Å². The molecule has 2 N–H and O–H groups in total. The van der Waals surface area contributed by atoms with E-state index < -0.39 is 0 Å². The summed E-state index contributed by atoms with van der Waals surface area (Å²) >= 11 is 0. The third kappa shape index (κ3) is 2.51. The molecule has 0 spiro atoms. The Balaban J connectivity index is 1.40. The van der Waals surface area contributed by atoms with Crippen molar-refractivity contribution < 1.29 is 9.90 Å². The van der Waals surface area contributed by atoms with Gasteiger partial charge in [0, 0.05) is 5.71 Å². The Morgan fingerprint density at radius 1 is 0.960 bits per heavy atom. The summed E-state index contributed by atoms with van der Waals surface area (Å²) in [7, 11) is 0. The molecule has 0 aromatic heterocycles. The number of benzene rings is 2. The van der Waals surface area contributed by atoms with E-state index in [1.807, 2.05) is 24.3 Å². The number of carbonyl (C=O) groups is 1. The first kappa shape index (κ1) is 14.9. The van der Waals surface area contributed by atoms with Crippen LogP contribution >= 0.6 is 0 Å². The maximum atomic E-state index is 12.6. The monoisotopic (exact) mass is 334 g/mol. The van der Waals surface area contributed by atoms with Gasteiger partial charge in [0.2, 0.25) is 0 Å². The van der Waals surface area contributed by atoms with Crippen LogP contribution in [0, 0.1) is 23.7 Å². The molecule has 1 amide bonds. The van der Waals surface area contributed by atoms with E-state index in [-0.39, 0.29) is 17.2 Å². The van der Waals surface area contributed by atoms with Crippen molar-refractivity contribution in [2.24, 2.45) is 28.8 Å². The molecule has 0 saturated heterocycles. The molecule has 4 heteroatoms. The first-order valence-electron chi connectivity index (χ1n) is 9.27. The molecule has 2 aromatic rings.